The molecule has 1 aliphatic heterocycles. The number of hydrogen-bond donors (Lipinski definition) is 2. The lowest BCUT2D eigenvalue weighted by molar-refractivity contribution is -0.880. The number of nitrogens with one attached hydrogen (secondary N) is 2. The molecule has 1 aromatic heterocycles. The van der Waals surface area contributed by atoms with Crippen molar-refractivity contribution >= 4 is 17.4 Å². The Kier molecular flexibility index (Phi) is 4.04. The van der Waals surface area contributed by atoms with Gasteiger partial charge in [0.05, 0.1) is 43.9 Å². The number of aromatic nitrogens is 2. The largest absolute Gasteiger partial charge is 0.347 e. The van der Waals surface area contributed by atoms with Crippen LogP contribution >= 0.6 is 11.6 Å². The highest BCUT2D eigenvalue weighted by Gasteiger charge is 2.19. The van der Waals surface area contributed by atoms with E-state index in [1.165, 1.54) is 11.0 Å². The number of para-hydroxylation sites is 1. The maximum Gasteiger partial charge on any atom is 0.334 e. The van der Waals surface area contributed by atoms with Crippen LogP contribution < -0.4 is 21.0 Å². The predicted molar refractivity (Wildman–Crippen MR) is 86.5 cm³/mol. The van der Waals surface area contributed by atoms with Gasteiger partial charge >= 0.3 is 5.69 Å². The Balaban J connectivity index is 2.01. The number of halogens is 1. The SMILES string of the molecule is C[NH+]1CCN(c2cc(=O)n(-c3ccccc3Cl)c(=O)[nH]2)CC1. The van der Waals surface area contributed by atoms with Crippen LogP contribution in [-0.4, -0.2) is 42.8 Å². The fourth-order valence-corrected chi connectivity index (χ4v) is 2.86. The molecular formula is C15H18ClN4O2+. The first-order valence-electron chi connectivity index (χ1n) is 7.24. The minimum atomic E-state index is -0.470. The van der Waals surface area contributed by atoms with Crippen molar-refractivity contribution in [3.05, 3.63) is 56.2 Å². The number of rotatable bonds is 2. The number of hydrogen-bond acceptors (Lipinski definition) is 3. The van der Waals surface area contributed by atoms with Crippen molar-refractivity contribution in [3.63, 3.8) is 0 Å². The standard InChI is InChI=1S/C15H17ClN4O2/c1-18-6-8-19(9-7-18)13-10-14(21)20(15(22)17-13)12-5-3-2-4-11(12)16/h2-5,10H,6-9H2,1H3,(H,17,22)/p+1. The van der Waals surface area contributed by atoms with Gasteiger partial charge in [-0.3, -0.25) is 9.78 Å². The number of quaternary nitrogens is 1. The number of benzene rings is 1. The molecule has 0 saturated carbocycles. The molecule has 116 valence electrons. The van der Waals surface area contributed by atoms with Crippen molar-refractivity contribution in [2.45, 2.75) is 0 Å². The number of H-pyrrole nitrogens is 1. The molecule has 0 unspecified atom stereocenters. The Hall–Kier alpha value is -2.05. The first-order chi connectivity index (χ1) is 10.6. The zero-order valence-corrected chi connectivity index (χ0v) is 13.1. The third-order valence-corrected chi connectivity index (χ3v) is 4.29. The predicted octanol–water partition coefficient (Wildman–Crippen LogP) is -0.486. The average molecular weight is 322 g/mol. The lowest BCUT2D eigenvalue weighted by Crippen LogP contribution is -3.12. The maximum absolute atomic E-state index is 12.4. The van der Waals surface area contributed by atoms with Gasteiger partial charge in [-0.2, -0.15) is 0 Å². The van der Waals surface area contributed by atoms with E-state index in [1.807, 2.05) is 4.90 Å². The smallest absolute Gasteiger partial charge is 0.334 e. The van der Waals surface area contributed by atoms with Crippen molar-refractivity contribution < 1.29 is 4.90 Å². The molecule has 1 fully saturated rings. The first-order valence-corrected chi connectivity index (χ1v) is 7.61. The Bertz CT molecular complexity index is 759. The maximum atomic E-state index is 12.4. The van der Waals surface area contributed by atoms with Gasteiger partial charge in [-0.1, -0.05) is 23.7 Å². The molecule has 2 N–H and O–H groups in total. The molecule has 0 atom stereocenters. The van der Waals surface area contributed by atoms with Crippen molar-refractivity contribution in [2.75, 3.05) is 38.1 Å². The molecule has 0 aliphatic carbocycles. The summed E-state index contributed by atoms with van der Waals surface area (Å²) in [7, 11) is 2.13. The number of likely N-dealkylation sites (N-methyl/N-ethyl adjacent to an activating group) is 1. The summed E-state index contributed by atoms with van der Waals surface area (Å²) in [5.41, 5.74) is -0.454. The van der Waals surface area contributed by atoms with E-state index >= 15 is 0 Å². The van der Waals surface area contributed by atoms with Gasteiger partial charge < -0.3 is 9.80 Å². The minimum Gasteiger partial charge on any atom is -0.347 e. The van der Waals surface area contributed by atoms with Crippen LogP contribution in [0.2, 0.25) is 5.02 Å². The number of anilines is 1. The van der Waals surface area contributed by atoms with Crippen molar-refractivity contribution in [1.29, 1.82) is 0 Å². The summed E-state index contributed by atoms with van der Waals surface area (Å²) in [5, 5.41) is 0.367. The van der Waals surface area contributed by atoms with Gasteiger partial charge in [-0.05, 0) is 12.1 Å². The molecule has 0 spiro atoms. The normalized spacial score (nSPS) is 16.0. The molecular weight excluding hydrogens is 304 g/mol. The summed E-state index contributed by atoms with van der Waals surface area (Å²) < 4.78 is 1.06. The van der Waals surface area contributed by atoms with Crippen LogP contribution in [0.5, 0.6) is 0 Å². The highest BCUT2D eigenvalue weighted by Crippen LogP contribution is 2.17. The topological polar surface area (TPSA) is 62.5 Å². The summed E-state index contributed by atoms with van der Waals surface area (Å²) in [5.74, 6) is 0.575. The summed E-state index contributed by atoms with van der Waals surface area (Å²) in [6, 6.07) is 8.26. The molecule has 2 aromatic rings. The highest BCUT2D eigenvalue weighted by atomic mass is 35.5. The molecule has 3 rings (SSSR count). The van der Waals surface area contributed by atoms with E-state index in [4.69, 9.17) is 11.6 Å². The molecule has 2 heterocycles. The number of piperazine rings is 1. The van der Waals surface area contributed by atoms with Crippen LogP contribution in [0.4, 0.5) is 5.82 Å². The van der Waals surface area contributed by atoms with Crippen LogP contribution in [0, 0.1) is 0 Å². The Morgan fingerprint density at radius 1 is 1.18 bits per heavy atom. The fourth-order valence-electron chi connectivity index (χ4n) is 2.64. The second kappa shape index (κ2) is 5.98. The molecule has 22 heavy (non-hydrogen) atoms. The molecule has 0 radical (unpaired) electrons. The van der Waals surface area contributed by atoms with Gasteiger partial charge in [0.2, 0.25) is 0 Å². The van der Waals surface area contributed by atoms with Crippen LogP contribution in [0.15, 0.2) is 39.9 Å². The number of nitrogens with zero attached hydrogens (tertiary/aromatic N) is 2. The van der Waals surface area contributed by atoms with Crippen LogP contribution in [-0.2, 0) is 0 Å². The molecule has 0 bridgehead atoms. The van der Waals surface area contributed by atoms with E-state index in [2.05, 4.69) is 12.0 Å². The molecule has 1 aliphatic rings. The van der Waals surface area contributed by atoms with E-state index < -0.39 is 5.69 Å². The summed E-state index contributed by atoms with van der Waals surface area (Å²) in [4.78, 5) is 31.0. The van der Waals surface area contributed by atoms with Gasteiger partial charge in [-0.25, -0.2) is 9.36 Å². The summed E-state index contributed by atoms with van der Waals surface area (Å²) in [6.07, 6.45) is 0. The van der Waals surface area contributed by atoms with Gasteiger partial charge in [0.1, 0.15) is 5.82 Å². The van der Waals surface area contributed by atoms with Crippen molar-refractivity contribution in [1.82, 2.24) is 9.55 Å². The summed E-state index contributed by atoms with van der Waals surface area (Å²) >= 11 is 6.08. The average Bonchev–Trinajstić information content (AvgIpc) is 2.49. The Morgan fingerprint density at radius 2 is 1.86 bits per heavy atom. The third-order valence-electron chi connectivity index (χ3n) is 3.97. The van der Waals surface area contributed by atoms with Gasteiger partial charge in [0.25, 0.3) is 5.56 Å². The zero-order valence-electron chi connectivity index (χ0n) is 12.3. The molecule has 1 aromatic carbocycles. The third kappa shape index (κ3) is 2.80. The van der Waals surface area contributed by atoms with Gasteiger partial charge in [0.15, 0.2) is 0 Å². The van der Waals surface area contributed by atoms with E-state index in [9.17, 15) is 9.59 Å². The summed E-state index contributed by atoms with van der Waals surface area (Å²) in [6.45, 7) is 3.60. The Morgan fingerprint density at radius 3 is 2.50 bits per heavy atom. The molecule has 1 saturated heterocycles. The van der Waals surface area contributed by atoms with E-state index in [1.54, 1.807) is 24.3 Å². The Labute approximate surface area is 132 Å². The van der Waals surface area contributed by atoms with E-state index in [0.29, 0.717) is 16.5 Å². The van der Waals surface area contributed by atoms with E-state index in [-0.39, 0.29) is 5.56 Å². The van der Waals surface area contributed by atoms with Crippen LogP contribution in [0.25, 0.3) is 5.69 Å². The fraction of sp³-hybridized carbons (Fsp3) is 0.333. The van der Waals surface area contributed by atoms with Crippen molar-refractivity contribution in [3.8, 4) is 5.69 Å². The minimum absolute atomic E-state index is 0.367. The molecule has 6 nitrogen and oxygen atoms in total. The second-order valence-electron chi connectivity index (χ2n) is 5.53. The zero-order chi connectivity index (χ0) is 15.7. The lowest BCUT2D eigenvalue weighted by atomic mass is 10.3. The monoisotopic (exact) mass is 321 g/mol. The second-order valence-corrected chi connectivity index (χ2v) is 5.94. The number of aromatic amines is 1. The first kappa shape index (κ1) is 14.9. The quantitative estimate of drug-likeness (QED) is 0.785. The van der Waals surface area contributed by atoms with Gasteiger partial charge in [0, 0.05) is 6.07 Å². The van der Waals surface area contributed by atoms with Crippen LogP contribution in [0.1, 0.15) is 0 Å². The highest BCUT2D eigenvalue weighted by molar-refractivity contribution is 6.32. The van der Waals surface area contributed by atoms with Crippen LogP contribution in [0.3, 0.4) is 0 Å². The van der Waals surface area contributed by atoms with Crippen molar-refractivity contribution in [2.24, 2.45) is 0 Å². The lowest BCUT2D eigenvalue weighted by Gasteiger charge is -2.31. The molecule has 0 amide bonds. The van der Waals surface area contributed by atoms with Gasteiger partial charge in [-0.15, -0.1) is 0 Å². The van der Waals surface area contributed by atoms with E-state index in [0.717, 1.165) is 30.7 Å². The molecule has 7 heteroatoms.